The molecule has 34 heavy (non-hydrogen) atoms. The molecule has 3 unspecified atom stereocenters. The standard InChI is InChI=1S/C21H21F6N3O3S/c22-20(23,24)14-6-4-13(5-7-14)17(18-16(21(25,26)27)2-1-9-28-18)30-19(31)29-11-12-3-8-15(10-12)34(32)33/h1-2,4-7,9,12,15,17,34H,3,8,10-11H2,(H2,29,30,31). The summed E-state index contributed by atoms with van der Waals surface area (Å²) in [5.41, 5.74) is -2.74. The maximum absolute atomic E-state index is 13.6. The topological polar surface area (TPSA) is 88.2 Å². The molecule has 2 amide bonds. The number of carbonyl (C=O) groups excluding carboxylic acids is 1. The summed E-state index contributed by atoms with van der Waals surface area (Å²) in [5.74, 6) is -0.117. The number of benzene rings is 1. The van der Waals surface area contributed by atoms with E-state index in [0.717, 1.165) is 30.5 Å². The Morgan fingerprint density at radius 3 is 2.26 bits per heavy atom. The molecule has 0 bridgehead atoms. The normalized spacial score (nSPS) is 19.7. The van der Waals surface area contributed by atoms with E-state index in [2.05, 4.69) is 15.6 Å². The number of pyridine rings is 1. The highest BCUT2D eigenvalue weighted by Crippen LogP contribution is 2.36. The number of carbonyl (C=O) groups is 1. The van der Waals surface area contributed by atoms with Crippen LogP contribution in [0.25, 0.3) is 0 Å². The first-order chi connectivity index (χ1) is 15.9. The van der Waals surface area contributed by atoms with Crippen LogP contribution in [0.3, 0.4) is 0 Å². The summed E-state index contributed by atoms with van der Waals surface area (Å²) < 4.78 is 102. The van der Waals surface area contributed by atoms with E-state index in [9.17, 15) is 39.6 Å². The molecule has 2 N–H and O–H groups in total. The van der Waals surface area contributed by atoms with Crippen molar-refractivity contribution in [2.24, 2.45) is 5.92 Å². The van der Waals surface area contributed by atoms with Crippen molar-refractivity contribution in [3.8, 4) is 0 Å². The van der Waals surface area contributed by atoms with Gasteiger partial charge >= 0.3 is 18.4 Å². The first-order valence-electron chi connectivity index (χ1n) is 10.2. The van der Waals surface area contributed by atoms with Crippen LogP contribution < -0.4 is 10.6 Å². The predicted octanol–water partition coefficient (Wildman–Crippen LogP) is 4.29. The molecule has 0 spiro atoms. The first-order valence-corrected chi connectivity index (χ1v) is 11.5. The van der Waals surface area contributed by atoms with Crippen molar-refractivity contribution >= 4 is 16.7 Å². The molecule has 0 radical (unpaired) electrons. The molecule has 2 aromatic rings. The lowest BCUT2D eigenvalue weighted by atomic mass is 9.98. The highest BCUT2D eigenvalue weighted by Gasteiger charge is 2.37. The van der Waals surface area contributed by atoms with Gasteiger partial charge in [0.15, 0.2) is 0 Å². The molecule has 186 valence electrons. The Kier molecular flexibility index (Phi) is 7.74. The van der Waals surface area contributed by atoms with E-state index in [1.807, 2.05) is 0 Å². The molecule has 1 aliphatic rings. The maximum Gasteiger partial charge on any atom is 0.418 e. The molecule has 1 aromatic heterocycles. The van der Waals surface area contributed by atoms with E-state index in [0.29, 0.717) is 31.4 Å². The van der Waals surface area contributed by atoms with E-state index in [4.69, 9.17) is 0 Å². The van der Waals surface area contributed by atoms with Gasteiger partial charge in [-0.2, -0.15) is 26.3 Å². The summed E-state index contributed by atoms with van der Waals surface area (Å²) >= 11 is 0. The van der Waals surface area contributed by atoms with E-state index in [1.165, 1.54) is 0 Å². The minimum Gasteiger partial charge on any atom is -0.338 e. The van der Waals surface area contributed by atoms with Crippen molar-refractivity contribution in [3.05, 3.63) is 65.0 Å². The van der Waals surface area contributed by atoms with Crippen LogP contribution in [-0.2, 0) is 23.1 Å². The zero-order chi connectivity index (χ0) is 25.1. The van der Waals surface area contributed by atoms with Gasteiger partial charge in [0.25, 0.3) is 0 Å². The third kappa shape index (κ3) is 6.39. The fourth-order valence-electron chi connectivity index (χ4n) is 3.91. The Labute approximate surface area is 192 Å². The fraction of sp³-hybridized carbons (Fsp3) is 0.429. The van der Waals surface area contributed by atoms with Crippen LogP contribution >= 0.6 is 0 Å². The van der Waals surface area contributed by atoms with Crippen molar-refractivity contribution in [2.75, 3.05) is 6.54 Å². The Bertz CT molecular complexity index is 1080. The number of hydrogen-bond acceptors (Lipinski definition) is 4. The number of rotatable bonds is 6. The van der Waals surface area contributed by atoms with Crippen LogP contribution in [0.15, 0.2) is 42.6 Å². The van der Waals surface area contributed by atoms with Gasteiger partial charge in [-0.05, 0) is 55.0 Å². The number of halogens is 6. The summed E-state index contributed by atoms with van der Waals surface area (Å²) in [5, 5.41) is 4.40. The molecule has 1 aromatic carbocycles. The monoisotopic (exact) mass is 509 g/mol. The average Bonchev–Trinajstić information content (AvgIpc) is 3.24. The number of aromatic nitrogens is 1. The van der Waals surface area contributed by atoms with Gasteiger partial charge in [0, 0.05) is 12.7 Å². The van der Waals surface area contributed by atoms with Gasteiger partial charge in [-0.15, -0.1) is 0 Å². The molecule has 0 saturated heterocycles. The second-order valence-corrected chi connectivity index (χ2v) is 9.26. The molecule has 1 aliphatic carbocycles. The smallest absolute Gasteiger partial charge is 0.338 e. The van der Waals surface area contributed by atoms with Crippen LogP contribution in [0.5, 0.6) is 0 Å². The van der Waals surface area contributed by atoms with Crippen LogP contribution in [0.4, 0.5) is 31.1 Å². The van der Waals surface area contributed by atoms with Crippen LogP contribution in [0.1, 0.15) is 47.7 Å². The molecule has 0 aliphatic heterocycles. The fourth-order valence-corrected chi connectivity index (χ4v) is 4.74. The molecule has 1 saturated carbocycles. The Morgan fingerprint density at radius 1 is 1.03 bits per heavy atom. The number of alkyl halides is 6. The van der Waals surface area contributed by atoms with Crippen LogP contribution in [0, 0.1) is 5.92 Å². The third-order valence-electron chi connectivity index (χ3n) is 5.63. The zero-order valence-corrected chi connectivity index (χ0v) is 18.4. The van der Waals surface area contributed by atoms with E-state index >= 15 is 0 Å². The minimum atomic E-state index is -4.82. The van der Waals surface area contributed by atoms with Crippen LogP contribution in [0.2, 0.25) is 0 Å². The molecule has 3 atom stereocenters. The maximum atomic E-state index is 13.6. The SMILES string of the molecule is O=C(NCC1CCC([SH](=O)=O)C1)NC(c1ccc(C(F)(F)F)cc1)c1ncccc1C(F)(F)F. The number of urea groups is 1. The Balaban J connectivity index is 1.84. The summed E-state index contributed by atoms with van der Waals surface area (Å²) in [6.45, 7) is 0.0968. The minimum absolute atomic E-state index is 0.0309. The number of hydrogen-bond donors (Lipinski definition) is 3. The van der Waals surface area contributed by atoms with Gasteiger partial charge in [0.1, 0.15) is 10.7 Å². The van der Waals surface area contributed by atoms with Gasteiger partial charge in [0.2, 0.25) is 0 Å². The molecule has 6 nitrogen and oxygen atoms in total. The second-order valence-electron chi connectivity index (χ2n) is 7.96. The molecule has 13 heteroatoms. The lowest BCUT2D eigenvalue weighted by molar-refractivity contribution is -0.139. The number of thiol groups is 1. The number of nitrogens with one attached hydrogen (secondary N) is 2. The predicted molar refractivity (Wildman–Crippen MR) is 111 cm³/mol. The number of nitrogens with zero attached hydrogens (tertiary/aromatic N) is 1. The zero-order valence-electron chi connectivity index (χ0n) is 17.5. The van der Waals surface area contributed by atoms with Gasteiger partial charge < -0.3 is 10.6 Å². The third-order valence-corrected chi connectivity index (χ3v) is 6.69. The lowest BCUT2D eigenvalue weighted by Gasteiger charge is -2.23. The number of amides is 2. The quantitative estimate of drug-likeness (QED) is 0.401. The first kappa shape index (κ1) is 25.8. The van der Waals surface area contributed by atoms with Crippen molar-refractivity contribution < 1.29 is 39.6 Å². The highest BCUT2D eigenvalue weighted by atomic mass is 32.2. The van der Waals surface area contributed by atoms with Gasteiger partial charge in [-0.25, -0.2) is 13.2 Å². The second kappa shape index (κ2) is 10.2. The summed E-state index contributed by atoms with van der Waals surface area (Å²) in [4.78, 5) is 16.3. The lowest BCUT2D eigenvalue weighted by Crippen LogP contribution is -2.41. The van der Waals surface area contributed by atoms with E-state index < -0.39 is 57.2 Å². The van der Waals surface area contributed by atoms with Crippen molar-refractivity contribution in [1.29, 1.82) is 0 Å². The Morgan fingerprint density at radius 2 is 1.71 bits per heavy atom. The van der Waals surface area contributed by atoms with E-state index in [-0.39, 0.29) is 18.0 Å². The average molecular weight is 509 g/mol. The largest absolute Gasteiger partial charge is 0.418 e. The molecular weight excluding hydrogens is 488 g/mol. The van der Waals surface area contributed by atoms with Gasteiger partial charge in [-0.1, -0.05) is 12.1 Å². The summed E-state index contributed by atoms with van der Waals surface area (Å²) in [6.07, 6.45) is -6.99. The molecule has 1 fully saturated rings. The van der Waals surface area contributed by atoms with Crippen molar-refractivity contribution in [2.45, 2.75) is 42.9 Å². The summed E-state index contributed by atoms with van der Waals surface area (Å²) in [7, 11) is -2.58. The highest BCUT2D eigenvalue weighted by molar-refractivity contribution is 7.73. The van der Waals surface area contributed by atoms with Crippen molar-refractivity contribution in [1.82, 2.24) is 15.6 Å². The Hall–Kier alpha value is -2.83. The van der Waals surface area contributed by atoms with Crippen LogP contribution in [-0.4, -0.2) is 31.2 Å². The van der Waals surface area contributed by atoms with Gasteiger partial charge in [0.05, 0.1) is 28.1 Å². The molecule has 1 heterocycles. The van der Waals surface area contributed by atoms with E-state index in [1.54, 1.807) is 0 Å². The van der Waals surface area contributed by atoms with Crippen molar-refractivity contribution in [3.63, 3.8) is 0 Å². The van der Waals surface area contributed by atoms with Gasteiger partial charge in [-0.3, -0.25) is 4.98 Å². The summed E-state index contributed by atoms with van der Waals surface area (Å²) in [6, 6.07) is 2.85. The molecular formula is C21H21F6N3O3S. The molecule has 3 rings (SSSR count).